The molecule has 3 aromatic rings. The number of hydrogen-bond acceptors (Lipinski definition) is 7. The first-order chi connectivity index (χ1) is 19.0. The number of nitrogens with one attached hydrogen (secondary N) is 4. The molecule has 3 heterocycles. The summed E-state index contributed by atoms with van der Waals surface area (Å²) >= 11 is 0. The number of nitrogens with zero attached hydrogens (tertiary/aromatic N) is 3. The van der Waals surface area contributed by atoms with Crippen molar-refractivity contribution in [2.75, 3.05) is 38.3 Å². The molecule has 0 aliphatic heterocycles. The van der Waals surface area contributed by atoms with Crippen LogP contribution in [0.2, 0.25) is 0 Å². The Morgan fingerprint density at radius 3 is 2.79 bits per heavy atom. The molecule has 0 spiro atoms. The van der Waals surface area contributed by atoms with E-state index in [0.717, 1.165) is 50.9 Å². The van der Waals surface area contributed by atoms with Gasteiger partial charge in [-0.25, -0.2) is 28.5 Å². The largest absolute Gasteiger partial charge is 0.379 e. The number of carbonyl (C=O) groups is 1. The van der Waals surface area contributed by atoms with Gasteiger partial charge < -0.3 is 30.4 Å². The van der Waals surface area contributed by atoms with Crippen molar-refractivity contribution in [2.24, 2.45) is 0 Å². The molecule has 12 heteroatoms. The topological polar surface area (TPSA) is 126 Å². The van der Waals surface area contributed by atoms with E-state index < -0.39 is 11.6 Å². The number of pyridine rings is 1. The molecule has 0 radical (unpaired) electrons. The van der Waals surface area contributed by atoms with E-state index in [-0.39, 0.29) is 29.8 Å². The van der Waals surface area contributed by atoms with Gasteiger partial charge in [0.05, 0.1) is 25.6 Å². The molecule has 3 aromatic heterocycles. The van der Waals surface area contributed by atoms with Crippen LogP contribution in [0.5, 0.6) is 0 Å². The lowest BCUT2D eigenvalue weighted by Gasteiger charge is -2.30. The van der Waals surface area contributed by atoms with Gasteiger partial charge in [-0.2, -0.15) is 0 Å². The van der Waals surface area contributed by atoms with Crippen molar-refractivity contribution in [2.45, 2.75) is 64.0 Å². The fraction of sp³-hybridized carbons (Fsp3) is 0.556. The van der Waals surface area contributed by atoms with Crippen molar-refractivity contribution < 1.29 is 23.0 Å². The predicted octanol–water partition coefficient (Wildman–Crippen LogP) is 4.54. The van der Waals surface area contributed by atoms with Gasteiger partial charge in [-0.1, -0.05) is 0 Å². The Hall–Kier alpha value is -3.38. The summed E-state index contributed by atoms with van der Waals surface area (Å²) in [5.74, 6) is -0.710. The van der Waals surface area contributed by atoms with E-state index in [4.69, 9.17) is 9.47 Å². The highest BCUT2D eigenvalue weighted by Crippen LogP contribution is 2.28. The van der Waals surface area contributed by atoms with Gasteiger partial charge in [-0.05, 0) is 57.9 Å². The third-order valence-corrected chi connectivity index (χ3v) is 6.66. The molecule has 0 aromatic carbocycles. The van der Waals surface area contributed by atoms with Gasteiger partial charge in [0.15, 0.2) is 17.5 Å². The smallest absolute Gasteiger partial charge is 0.315 e. The highest BCUT2D eigenvalue weighted by Gasteiger charge is 2.25. The summed E-state index contributed by atoms with van der Waals surface area (Å²) in [7, 11) is 0. The van der Waals surface area contributed by atoms with Crippen LogP contribution in [0.4, 0.5) is 19.4 Å². The maximum Gasteiger partial charge on any atom is 0.315 e. The molecule has 4 N–H and O–H groups in total. The zero-order valence-corrected chi connectivity index (χ0v) is 22.3. The Morgan fingerprint density at radius 1 is 1.08 bits per heavy atom. The molecule has 1 saturated carbocycles. The molecule has 1 aliphatic carbocycles. The lowest BCUT2D eigenvalue weighted by Crippen LogP contribution is -2.46. The van der Waals surface area contributed by atoms with Crippen molar-refractivity contribution in [3.63, 3.8) is 0 Å². The number of aromatic amines is 1. The first-order valence-electron chi connectivity index (χ1n) is 13.7. The average molecular weight is 546 g/mol. The molecule has 10 nitrogen and oxygen atoms in total. The Balaban J connectivity index is 1.21. The minimum atomic E-state index is -0.574. The normalized spacial score (nSPS) is 17.3. The quantitative estimate of drug-likeness (QED) is 0.219. The third-order valence-electron chi connectivity index (χ3n) is 6.66. The number of anilines is 1. The molecule has 0 unspecified atom stereocenters. The van der Waals surface area contributed by atoms with Crippen molar-refractivity contribution in [1.29, 1.82) is 0 Å². The van der Waals surface area contributed by atoms with Crippen LogP contribution in [-0.4, -0.2) is 71.0 Å². The molecule has 1 fully saturated rings. The molecule has 212 valence electrons. The summed E-state index contributed by atoms with van der Waals surface area (Å²) in [4.78, 5) is 27.8. The number of aromatic nitrogens is 4. The molecule has 1 aliphatic rings. The van der Waals surface area contributed by atoms with Crippen LogP contribution in [0, 0.1) is 11.6 Å². The van der Waals surface area contributed by atoms with Crippen molar-refractivity contribution in [3.05, 3.63) is 36.3 Å². The van der Waals surface area contributed by atoms with Gasteiger partial charge in [0.2, 0.25) is 0 Å². The Labute approximate surface area is 226 Å². The van der Waals surface area contributed by atoms with Gasteiger partial charge >= 0.3 is 6.03 Å². The maximum atomic E-state index is 14.6. The number of fused-ring (bicyclic) bond motifs is 1. The number of hydrogen-bond donors (Lipinski definition) is 4. The monoisotopic (exact) mass is 545 g/mol. The molecular weight excluding hydrogens is 508 g/mol. The average Bonchev–Trinajstić information content (AvgIpc) is 3.34. The molecule has 39 heavy (non-hydrogen) atoms. The van der Waals surface area contributed by atoms with Crippen LogP contribution < -0.4 is 16.0 Å². The van der Waals surface area contributed by atoms with Crippen LogP contribution in [0.15, 0.2) is 24.7 Å². The second-order valence-corrected chi connectivity index (χ2v) is 9.62. The van der Waals surface area contributed by atoms with Gasteiger partial charge in [-0.3, -0.25) is 0 Å². The van der Waals surface area contributed by atoms with Crippen molar-refractivity contribution in [3.8, 4) is 11.4 Å². The van der Waals surface area contributed by atoms with Crippen molar-refractivity contribution >= 4 is 22.9 Å². The summed E-state index contributed by atoms with van der Waals surface area (Å²) in [6.45, 7) is 5.18. The third kappa shape index (κ3) is 8.56. The summed E-state index contributed by atoms with van der Waals surface area (Å²) in [6.07, 6.45) is 9.88. The summed E-state index contributed by atoms with van der Waals surface area (Å²) in [5.41, 5.74) is 1.03. The first-order valence-corrected chi connectivity index (χ1v) is 13.7. The Kier molecular flexibility index (Phi) is 10.8. The fourth-order valence-electron chi connectivity index (χ4n) is 4.71. The number of halogens is 2. The second-order valence-electron chi connectivity index (χ2n) is 9.62. The van der Waals surface area contributed by atoms with Crippen LogP contribution in [0.25, 0.3) is 22.4 Å². The van der Waals surface area contributed by atoms with Crippen molar-refractivity contribution in [1.82, 2.24) is 30.6 Å². The molecule has 0 saturated heterocycles. The van der Waals surface area contributed by atoms with E-state index >= 15 is 0 Å². The molecule has 2 amide bonds. The number of H-pyrrole nitrogens is 1. The molecule has 0 bridgehead atoms. The maximum absolute atomic E-state index is 14.6. The van der Waals surface area contributed by atoms with Gasteiger partial charge in [0.25, 0.3) is 0 Å². The summed E-state index contributed by atoms with van der Waals surface area (Å²) < 4.78 is 39.1. The highest BCUT2D eigenvalue weighted by atomic mass is 19.1. The van der Waals surface area contributed by atoms with E-state index in [1.165, 1.54) is 6.07 Å². The van der Waals surface area contributed by atoms with E-state index in [0.29, 0.717) is 56.0 Å². The number of urea groups is 1. The standard InChI is InChI=1S/C27H37F2N7O3/c1-2-38-11-12-39-10-5-3-4-9-30-27(37)35-20-8-6-7-19(14-20)34-26-23(29)17-33-25(36-26)22-16-32-24-21(22)13-18(28)15-31-24/h13,15-17,19-20H,2-12,14H2,1H3,(H,31,32)(H2,30,35,37)(H,33,34,36)/t19-,20+/m0/s1. The van der Waals surface area contributed by atoms with E-state index in [1.54, 1.807) is 6.20 Å². The SMILES string of the molecule is CCOCCOCCCCCNC(=O)N[C@@H]1CCC[C@H](Nc2nc(-c3c[nH]c4ncc(F)cc34)ncc2F)C1. The van der Waals surface area contributed by atoms with E-state index in [1.807, 2.05) is 6.92 Å². The number of carbonyl (C=O) groups excluding carboxylic acids is 1. The molecular formula is C27H37F2N7O3. The molecule has 2 atom stereocenters. The Morgan fingerprint density at radius 2 is 1.92 bits per heavy atom. The zero-order chi connectivity index (χ0) is 27.5. The van der Waals surface area contributed by atoms with Crippen LogP contribution >= 0.6 is 0 Å². The number of amides is 2. The summed E-state index contributed by atoms with van der Waals surface area (Å²) in [6, 6.07) is 1.06. The summed E-state index contributed by atoms with van der Waals surface area (Å²) in [5, 5.41) is 9.66. The van der Waals surface area contributed by atoms with E-state index in [9.17, 15) is 13.6 Å². The fourth-order valence-corrected chi connectivity index (χ4v) is 4.71. The highest BCUT2D eigenvalue weighted by molar-refractivity contribution is 5.91. The second kappa shape index (κ2) is 14.7. The lowest BCUT2D eigenvalue weighted by molar-refractivity contribution is 0.0513. The molecule has 4 rings (SSSR count). The van der Waals surface area contributed by atoms with Gasteiger partial charge in [0.1, 0.15) is 11.5 Å². The number of rotatable bonds is 14. The number of unbranched alkanes of at least 4 members (excludes halogenated alkanes) is 2. The lowest BCUT2D eigenvalue weighted by atomic mass is 9.91. The van der Waals surface area contributed by atoms with Crippen LogP contribution in [-0.2, 0) is 9.47 Å². The van der Waals surface area contributed by atoms with Crippen LogP contribution in [0.1, 0.15) is 51.9 Å². The van der Waals surface area contributed by atoms with Crippen LogP contribution in [0.3, 0.4) is 0 Å². The van der Waals surface area contributed by atoms with E-state index in [2.05, 4.69) is 35.9 Å². The zero-order valence-electron chi connectivity index (χ0n) is 22.3. The van der Waals surface area contributed by atoms with Gasteiger partial charge in [0, 0.05) is 49.0 Å². The minimum absolute atomic E-state index is 0.0259. The predicted molar refractivity (Wildman–Crippen MR) is 144 cm³/mol. The minimum Gasteiger partial charge on any atom is -0.379 e. The first kappa shape index (κ1) is 28.6. The Bertz CT molecular complexity index is 1210. The number of ether oxygens (including phenoxy) is 2. The van der Waals surface area contributed by atoms with Gasteiger partial charge in [-0.15, -0.1) is 0 Å².